The molecular weight excluding hydrogens is 253 g/mol. The van der Waals surface area contributed by atoms with Crippen molar-refractivity contribution in [3.63, 3.8) is 0 Å². The predicted molar refractivity (Wildman–Crippen MR) is 64.2 cm³/mol. The minimum Gasteiger partial charge on any atom is -0.479 e. The zero-order valence-corrected chi connectivity index (χ0v) is 10.2. The van der Waals surface area contributed by atoms with E-state index in [1.54, 1.807) is 0 Å². The number of rotatable bonds is 4. The second-order valence-electron chi connectivity index (χ2n) is 4.45. The van der Waals surface area contributed by atoms with Gasteiger partial charge >= 0.3 is 12.1 Å². The molecular formula is C13H14FNO4. The summed E-state index contributed by atoms with van der Waals surface area (Å²) in [4.78, 5) is 23.3. The van der Waals surface area contributed by atoms with Gasteiger partial charge in [0, 0.05) is 19.0 Å². The molecule has 1 fully saturated rings. The molecule has 0 saturated carbocycles. The summed E-state index contributed by atoms with van der Waals surface area (Å²) in [6, 6.07) is 9.19. The number of carbonyl (C=O) groups excluding carboxylic acids is 1. The highest BCUT2D eigenvalue weighted by Crippen LogP contribution is 2.22. The van der Waals surface area contributed by atoms with Crippen molar-refractivity contribution in [2.75, 3.05) is 13.1 Å². The number of hydrogen-bond acceptors (Lipinski definition) is 3. The van der Waals surface area contributed by atoms with E-state index in [4.69, 9.17) is 9.84 Å². The Hall–Kier alpha value is -2.11. The van der Waals surface area contributed by atoms with Crippen LogP contribution in [0.15, 0.2) is 30.3 Å². The summed E-state index contributed by atoms with van der Waals surface area (Å²) in [5, 5.41) is 8.48. The van der Waals surface area contributed by atoms with Crippen LogP contribution in [0.1, 0.15) is 5.56 Å². The number of carboxylic acids is 1. The Morgan fingerprint density at radius 2 is 2.00 bits per heavy atom. The summed E-state index contributed by atoms with van der Waals surface area (Å²) in [6.07, 6.45) is -2.46. The Balaban J connectivity index is 1.73. The highest BCUT2D eigenvalue weighted by Gasteiger charge is 2.40. The van der Waals surface area contributed by atoms with Gasteiger partial charge in [-0.25, -0.2) is 14.0 Å². The fourth-order valence-corrected chi connectivity index (χ4v) is 1.86. The van der Waals surface area contributed by atoms with E-state index in [9.17, 15) is 14.0 Å². The van der Waals surface area contributed by atoms with Crippen molar-refractivity contribution in [3.8, 4) is 0 Å². The van der Waals surface area contributed by atoms with Crippen LogP contribution in [0.3, 0.4) is 0 Å². The largest absolute Gasteiger partial charge is 0.479 e. The molecule has 1 aliphatic rings. The number of halogens is 1. The van der Waals surface area contributed by atoms with Gasteiger partial charge in [0.1, 0.15) is 6.61 Å². The molecule has 0 bridgehead atoms. The van der Waals surface area contributed by atoms with Crippen molar-refractivity contribution in [2.45, 2.75) is 12.8 Å². The molecule has 1 aliphatic heterocycles. The van der Waals surface area contributed by atoms with Gasteiger partial charge in [-0.1, -0.05) is 30.3 Å². The molecule has 1 unspecified atom stereocenters. The summed E-state index contributed by atoms with van der Waals surface area (Å²) in [6.45, 7) is 0.320. The van der Waals surface area contributed by atoms with E-state index in [0.717, 1.165) is 5.56 Å². The maximum atomic E-state index is 13.1. The fourth-order valence-electron chi connectivity index (χ4n) is 1.86. The van der Waals surface area contributed by atoms with Gasteiger partial charge in [0.05, 0.1) is 0 Å². The maximum Gasteiger partial charge on any atom is 0.410 e. The van der Waals surface area contributed by atoms with Crippen molar-refractivity contribution in [3.05, 3.63) is 35.9 Å². The molecule has 5 nitrogen and oxygen atoms in total. The van der Waals surface area contributed by atoms with Crippen molar-refractivity contribution in [1.29, 1.82) is 0 Å². The molecule has 0 radical (unpaired) electrons. The van der Waals surface area contributed by atoms with Crippen LogP contribution in [0.25, 0.3) is 0 Å². The number of alkyl halides is 1. The van der Waals surface area contributed by atoms with Gasteiger partial charge in [-0.2, -0.15) is 0 Å². The van der Waals surface area contributed by atoms with Crippen LogP contribution in [0, 0.1) is 5.92 Å². The van der Waals surface area contributed by atoms with E-state index in [0.29, 0.717) is 0 Å². The molecule has 6 heteroatoms. The Labute approximate surface area is 109 Å². The summed E-state index contributed by atoms with van der Waals surface area (Å²) in [7, 11) is 0. The number of aliphatic carboxylic acids is 1. The van der Waals surface area contributed by atoms with Gasteiger partial charge < -0.3 is 14.7 Å². The number of carboxylic acid groups (broad SMARTS) is 1. The molecule has 2 rings (SSSR count). The number of benzene rings is 1. The topological polar surface area (TPSA) is 66.8 Å². The van der Waals surface area contributed by atoms with Crippen LogP contribution in [0.5, 0.6) is 0 Å². The second kappa shape index (κ2) is 5.69. The first-order valence-electron chi connectivity index (χ1n) is 5.90. The number of amides is 1. The molecule has 19 heavy (non-hydrogen) atoms. The number of ether oxygens (including phenoxy) is 1. The van der Waals surface area contributed by atoms with Crippen molar-refractivity contribution < 1.29 is 23.8 Å². The molecule has 0 aliphatic carbocycles. The quantitative estimate of drug-likeness (QED) is 0.901. The lowest BCUT2D eigenvalue weighted by Gasteiger charge is -2.38. The van der Waals surface area contributed by atoms with Gasteiger partial charge in [-0.05, 0) is 5.56 Å². The van der Waals surface area contributed by atoms with Gasteiger partial charge in [-0.15, -0.1) is 0 Å². The summed E-state index contributed by atoms with van der Waals surface area (Å²) in [5.74, 6) is -2.12. The molecule has 1 aromatic carbocycles. The average molecular weight is 267 g/mol. The zero-order valence-electron chi connectivity index (χ0n) is 10.2. The van der Waals surface area contributed by atoms with Crippen LogP contribution in [0.4, 0.5) is 9.18 Å². The Morgan fingerprint density at radius 1 is 1.37 bits per heavy atom. The Bertz CT molecular complexity index is 459. The van der Waals surface area contributed by atoms with Gasteiger partial charge in [0.2, 0.25) is 6.17 Å². The third-order valence-electron chi connectivity index (χ3n) is 3.02. The zero-order chi connectivity index (χ0) is 13.8. The molecule has 1 N–H and O–H groups in total. The summed E-state index contributed by atoms with van der Waals surface area (Å²) >= 11 is 0. The van der Waals surface area contributed by atoms with E-state index in [2.05, 4.69) is 0 Å². The van der Waals surface area contributed by atoms with E-state index in [-0.39, 0.29) is 19.7 Å². The van der Waals surface area contributed by atoms with E-state index in [1.807, 2.05) is 30.3 Å². The van der Waals surface area contributed by atoms with Gasteiger partial charge in [0.15, 0.2) is 0 Å². The van der Waals surface area contributed by atoms with Crippen LogP contribution in [-0.2, 0) is 16.1 Å². The number of nitrogens with zero attached hydrogens (tertiary/aromatic N) is 1. The molecule has 0 aromatic heterocycles. The number of carbonyl (C=O) groups is 2. The molecule has 1 aromatic rings. The second-order valence-corrected chi connectivity index (χ2v) is 4.45. The third kappa shape index (κ3) is 3.21. The van der Waals surface area contributed by atoms with Gasteiger partial charge in [0.25, 0.3) is 0 Å². The standard InChI is InChI=1S/C13H14FNO4/c14-11(12(16)17)10-6-15(7-10)13(18)19-8-9-4-2-1-3-5-9/h1-5,10-11H,6-8H2,(H,16,17). The first-order valence-corrected chi connectivity index (χ1v) is 5.90. The average Bonchev–Trinajstić information content (AvgIpc) is 2.35. The minimum atomic E-state index is -1.92. The highest BCUT2D eigenvalue weighted by molar-refractivity contribution is 5.74. The van der Waals surface area contributed by atoms with Crippen LogP contribution in [0.2, 0.25) is 0 Å². The number of hydrogen-bond donors (Lipinski definition) is 1. The van der Waals surface area contributed by atoms with Crippen molar-refractivity contribution >= 4 is 12.1 Å². The Kier molecular flexibility index (Phi) is 3.99. The maximum absolute atomic E-state index is 13.1. The lowest BCUT2D eigenvalue weighted by Crippen LogP contribution is -2.55. The van der Waals surface area contributed by atoms with Crippen molar-refractivity contribution in [2.24, 2.45) is 5.92 Å². The lowest BCUT2D eigenvalue weighted by atomic mass is 9.95. The molecule has 1 atom stereocenters. The van der Waals surface area contributed by atoms with Gasteiger partial charge in [-0.3, -0.25) is 0 Å². The van der Waals surface area contributed by atoms with Crippen LogP contribution in [-0.4, -0.2) is 41.3 Å². The van der Waals surface area contributed by atoms with E-state index >= 15 is 0 Å². The molecule has 0 spiro atoms. The predicted octanol–water partition coefficient (Wildman–Crippen LogP) is 1.68. The lowest BCUT2D eigenvalue weighted by molar-refractivity contribution is -0.147. The minimum absolute atomic E-state index is 0.0844. The monoisotopic (exact) mass is 267 g/mol. The molecule has 102 valence electrons. The molecule has 1 amide bonds. The van der Waals surface area contributed by atoms with Crippen molar-refractivity contribution in [1.82, 2.24) is 4.90 Å². The van der Waals surface area contributed by atoms with E-state index in [1.165, 1.54) is 4.90 Å². The SMILES string of the molecule is O=C(O)C(F)C1CN(C(=O)OCc2ccccc2)C1. The smallest absolute Gasteiger partial charge is 0.410 e. The van der Waals surface area contributed by atoms with E-state index < -0.39 is 24.2 Å². The Morgan fingerprint density at radius 3 is 2.58 bits per heavy atom. The third-order valence-corrected chi connectivity index (χ3v) is 3.02. The molecule has 1 saturated heterocycles. The van der Waals surface area contributed by atoms with Crippen LogP contribution < -0.4 is 0 Å². The normalized spacial score (nSPS) is 16.6. The first kappa shape index (κ1) is 13.3. The highest BCUT2D eigenvalue weighted by atomic mass is 19.1. The van der Waals surface area contributed by atoms with Crippen LogP contribution >= 0.6 is 0 Å². The first-order chi connectivity index (χ1) is 9.08. The number of likely N-dealkylation sites (tertiary alicyclic amines) is 1. The molecule has 1 heterocycles. The summed E-state index contributed by atoms with van der Waals surface area (Å²) < 4.78 is 18.1. The summed E-state index contributed by atoms with van der Waals surface area (Å²) in [5.41, 5.74) is 0.863. The fraction of sp³-hybridized carbons (Fsp3) is 0.385.